The Balaban J connectivity index is 2.32. The Morgan fingerprint density at radius 1 is 1.50 bits per heavy atom. The van der Waals surface area contributed by atoms with E-state index in [1.807, 2.05) is 0 Å². The van der Waals surface area contributed by atoms with Crippen LogP contribution in [0, 0.1) is 5.92 Å². The molecule has 1 heterocycles. The van der Waals surface area contributed by atoms with Gasteiger partial charge in [-0.15, -0.1) is 6.58 Å². The number of carbonyl (C=O) groups excluding carboxylic acids is 1. The lowest BCUT2D eigenvalue weighted by atomic mass is 10.0. The number of hydrogen-bond donors (Lipinski definition) is 3. The van der Waals surface area contributed by atoms with E-state index in [1.54, 1.807) is 6.08 Å². The summed E-state index contributed by atoms with van der Waals surface area (Å²) < 4.78 is 5.03. The van der Waals surface area contributed by atoms with Crippen LogP contribution in [0.25, 0.3) is 0 Å². The van der Waals surface area contributed by atoms with E-state index in [1.165, 1.54) is 0 Å². The van der Waals surface area contributed by atoms with Gasteiger partial charge in [0.2, 0.25) is 5.91 Å². The van der Waals surface area contributed by atoms with Crippen LogP contribution in [0.3, 0.4) is 0 Å². The fourth-order valence-corrected chi connectivity index (χ4v) is 1.49. The van der Waals surface area contributed by atoms with Gasteiger partial charge in [0.05, 0.1) is 25.8 Å². The molecule has 0 aromatic heterocycles. The van der Waals surface area contributed by atoms with E-state index in [2.05, 4.69) is 17.2 Å². The van der Waals surface area contributed by atoms with Crippen LogP contribution in [0.4, 0.5) is 0 Å². The molecule has 1 saturated heterocycles. The van der Waals surface area contributed by atoms with Crippen LogP contribution in [0.5, 0.6) is 0 Å². The zero-order valence-electron chi connectivity index (χ0n) is 8.94. The van der Waals surface area contributed by atoms with Gasteiger partial charge in [-0.05, 0) is 0 Å². The lowest BCUT2D eigenvalue weighted by Crippen LogP contribution is -2.45. The van der Waals surface area contributed by atoms with E-state index >= 15 is 0 Å². The molecule has 3 N–H and O–H groups in total. The number of amides is 1. The summed E-state index contributed by atoms with van der Waals surface area (Å²) in [6.45, 7) is 4.60. The fourth-order valence-electron chi connectivity index (χ4n) is 1.49. The molecule has 0 radical (unpaired) electrons. The van der Waals surface area contributed by atoms with Crippen LogP contribution in [0.2, 0.25) is 0 Å². The predicted octanol–water partition coefficient (Wildman–Crippen LogP) is -1.02. The van der Waals surface area contributed by atoms with E-state index in [0.717, 1.165) is 0 Å². The molecular formula is C10H16N2O4. The van der Waals surface area contributed by atoms with Gasteiger partial charge in [-0.3, -0.25) is 9.59 Å². The normalized spacial score (nSPS) is 24.0. The number of nitrogens with one attached hydrogen (secondary N) is 2. The molecule has 6 heteroatoms. The van der Waals surface area contributed by atoms with Gasteiger partial charge < -0.3 is 20.5 Å². The smallest absolute Gasteiger partial charge is 0.311 e. The fraction of sp³-hybridized carbons (Fsp3) is 0.600. The van der Waals surface area contributed by atoms with E-state index in [9.17, 15) is 9.59 Å². The number of carboxylic acid groups (broad SMARTS) is 1. The first kappa shape index (κ1) is 12.7. The molecule has 0 aromatic rings. The minimum atomic E-state index is -0.943. The summed E-state index contributed by atoms with van der Waals surface area (Å²) >= 11 is 0. The Kier molecular flexibility index (Phi) is 4.94. The predicted molar refractivity (Wildman–Crippen MR) is 56.9 cm³/mol. The molecule has 0 aliphatic carbocycles. The van der Waals surface area contributed by atoms with Crippen molar-refractivity contribution in [1.82, 2.24) is 10.6 Å². The summed E-state index contributed by atoms with van der Waals surface area (Å²) in [6.07, 6.45) is 1.64. The number of ether oxygens (including phenoxy) is 1. The van der Waals surface area contributed by atoms with Gasteiger partial charge in [-0.25, -0.2) is 0 Å². The van der Waals surface area contributed by atoms with Gasteiger partial charge in [0, 0.05) is 6.54 Å². The van der Waals surface area contributed by atoms with Crippen LogP contribution in [-0.2, 0) is 14.3 Å². The van der Waals surface area contributed by atoms with Crippen LogP contribution >= 0.6 is 0 Å². The molecule has 6 nitrogen and oxygen atoms in total. The highest BCUT2D eigenvalue weighted by atomic mass is 16.5. The zero-order chi connectivity index (χ0) is 12.0. The first-order valence-electron chi connectivity index (χ1n) is 5.06. The summed E-state index contributed by atoms with van der Waals surface area (Å²) in [5, 5.41) is 14.3. The second kappa shape index (κ2) is 6.24. The van der Waals surface area contributed by atoms with Crippen LogP contribution in [-0.4, -0.2) is 49.3 Å². The summed E-state index contributed by atoms with van der Waals surface area (Å²) in [7, 11) is 0. The minimum Gasteiger partial charge on any atom is -0.481 e. The lowest BCUT2D eigenvalue weighted by Gasteiger charge is -2.15. The molecule has 1 aliphatic rings. The molecule has 0 aromatic carbocycles. The number of hydrogen-bond acceptors (Lipinski definition) is 4. The highest BCUT2D eigenvalue weighted by Gasteiger charge is 2.34. The number of aliphatic carboxylic acids is 1. The summed E-state index contributed by atoms with van der Waals surface area (Å²) in [6, 6.07) is -0.435. The Labute approximate surface area is 93.7 Å². The second-order valence-electron chi connectivity index (χ2n) is 3.58. The average molecular weight is 228 g/mol. The first-order chi connectivity index (χ1) is 7.65. The molecule has 1 aliphatic heterocycles. The maximum Gasteiger partial charge on any atom is 0.311 e. The highest BCUT2D eigenvalue weighted by Crippen LogP contribution is 2.13. The first-order valence-corrected chi connectivity index (χ1v) is 5.06. The van der Waals surface area contributed by atoms with Crippen molar-refractivity contribution in [2.45, 2.75) is 6.04 Å². The monoisotopic (exact) mass is 228 g/mol. The molecule has 1 fully saturated rings. The molecule has 16 heavy (non-hydrogen) atoms. The third-order valence-electron chi connectivity index (χ3n) is 2.32. The van der Waals surface area contributed by atoms with Crippen molar-refractivity contribution in [1.29, 1.82) is 0 Å². The van der Waals surface area contributed by atoms with Crippen molar-refractivity contribution in [2.75, 3.05) is 26.3 Å². The van der Waals surface area contributed by atoms with Crippen molar-refractivity contribution < 1.29 is 19.4 Å². The second-order valence-corrected chi connectivity index (χ2v) is 3.58. The van der Waals surface area contributed by atoms with E-state index in [0.29, 0.717) is 6.54 Å². The standard InChI is InChI=1S/C10H16N2O4/c1-2-3-11-4-9(13)12-8-6-16-5-7(8)10(14)15/h2,7-8,11H,1,3-6H2,(H,12,13)(H,14,15). The SMILES string of the molecule is C=CCNCC(=O)NC1COCC1C(=O)O. The highest BCUT2D eigenvalue weighted by molar-refractivity contribution is 5.80. The molecule has 2 unspecified atom stereocenters. The maximum atomic E-state index is 11.4. The molecule has 0 bridgehead atoms. The van der Waals surface area contributed by atoms with Crippen molar-refractivity contribution >= 4 is 11.9 Å². The topological polar surface area (TPSA) is 87.7 Å². The Bertz CT molecular complexity index is 280. The van der Waals surface area contributed by atoms with E-state index < -0.39 is 17.9 Å². The molecule has 0 saturated carbocycles. The molecule has 1 rings (SSSR count). The Morgan fingerprint density at radius 2 is 2.25 bits per heavy atom. The van der Waals surface area contributed by atoms with Crippen molar-refractivity contribution in [3.63, 3.8) is 0 Å². The largest absolute Gasteiger partial charge is 0.481 e. The maximum absolute atomic E-state index is 11.4. The quantitative estimate of drug-likeness (QED) is 0.400. The van der Waals surface area contributed by atoms with Gasteiger partial charge in [0.15, 0.2) is 0 Å². The molecule has 1 amide bonds. The summed E-state index contributed by atoms with van der Waals surface area (Å²) in [5.41, 5.74) is 0. The number of carbonyl (C=O) groups is 2. The van der Waals surface area contributed by atoms with Gasteiger partial charge in [-0.2, -0.15) is 0 Å². The molecule has 90 valence electrons. The minimum absolute atomic E-state index is 0.148. The average Bonchev–Trinajstić information content (AvgIpc) is 2.66. The molecular weight excluding hydrogens is 212 g/mol. The third-order valence-corrected chi connectivity index (χ3v) is 2.32. The molecule has 2 atom stereocenters. The van der Waals surface area contributed by atoms with E-state index in [-0.39, 0.29) is 25.7 Å². The van der Waals surface area contributed by atoms with Crippen LogP contribution in [0.1, 0.15) is 0 Å². The van der Waals surface area contributed by atoms with Gasteiger partial charge in [0.1, 0.15) is 5.92 Å². The lowest BCUT2D eigenvalue weighted by molar-refractivity contribution is -0.142. The number of carboxylic acids is 1. The third kappa shape index (κ3) is 3.63. The van der Waals surface area contributed by atoms with Crippen LogP contribution in [0.15, 0.2) is 12.7 Å². The summed E-state index contributed by atoms with van der Waals surface area (Å²) in [5.74, 6) is -1.83. The Morgan fingerprint density at radius 3 is 2.88 bits per heavy atom. The van der Waals surface area contributed by atoms with Crippen molar-refractivity contribution in [3.05, 3.63) is 12.7 Å². The van der Waals surface area contributed by atoms with Gasteiger partial charge in [0.25, 0.3) is 0 Å². The summed E-state index contributed by atoms with van der Waals surface area (Å²) in [4.78, 5) is 22.2. The zero-order valence-corrected chi connectivity index (χ0v) is 8.94. The van der Waals surface area contributed by atoms with Crippen molar-refractivity contribution in [3.8, 4) is 0 Å². The van der Waals surface area contributed by atoms with Gasteiger partial charge >= 0.3 is 5.97 Å². The van der Waals surface area contributed by atoms with Gasteiger partial charge in [-0.1, -0.05) is 6.08 Å². The number of rotatable bonds is 6. The van der Waals surface area contributed by atoms with Crippen LogP contribution < -0.4 is 10.6 Å². The van der Waals surface area contributed by atoms with Crippen molar-refractivity contribution in [2.24, 2.45) is 5.92 Å². The molecule has 0 spiro atoms. The van der Waals surface area contributed by atoms with E-state index in [4.69, 9.17) is 9.84 Å². The Hall–Kier alpha value is -1.40.